The Morgan fingerprint density at radius 3 is 2.31 bits per heavy atom. The quantitative estimate of drug-likeness (QED) is 0.358. The number of carbonyl (C=O) groups excluding carboxylic acids is 1. The molecule has 0 aliphatic carbocycles. The fourth-order valence-corrected chi connectivity index (χ4v) is 0.850. The zero-order chi connectivity index (χ0) is 10.4. The average molecular weight is 178 g/mol. The zero-order valence-electron chi connectivity index (χ0n) is 8.76. The summed E-state index contributed by atoms with van der Waals surface area (Å²) in [5, 5.41) is 0. The molecule has 0 radical (unpaired) electrons. The molecule has 0 rings (SSSR count). The molecule has 0 spiro atoms. The summed E-state index contributed by atoms with van der Waals surface area (Å²) in [6, 6.07) is 0. The first-order chi connectivity index (χ1) is 5.99. The summed E-state index contributed by atoms with van der Waals surface area (Å²) in [6.07, 6.45) is 4.18. The lowest BCUT2D eigenvalue weighted by Gasteiger charge is -2.04. The first kappa shape index (κ1) is 11.9. The van der Waals surface area contributed by atoms with E-state index in [1.165, 1.54) is 0 Å². The summed E-state index contributed by atoms with van der Waals surface area (Å²) in [4.78, 5) is 11.4. The van der Waals surface area contributed by atoms with Gasteiger partial charge in [0.1, 0.15) is 0 Å². The van der Waals surface area contributed by atoms with Gasteiger partial charge in [-0.3, -0.25) is 4.79 Å². The van der Waals surface area contributed by atoms with Crippen molar-refractivity contribution in [3.05, 3.63) is 36.5 Å². The molecule has 0 amide bonds. The molecule has 0 N–H and O–H groups in total. The summed E-state index contributed by atoms with van der Waals surface area (Å²) in [5.41, 5.74) is 1.92. The topological polar surface area (TPSA) is 17.1 Å². The van der Waals surface area contributed by atoms with E-state index in [9.17, 15) is 4.79 Å². The van der Waals surface area contributed by atoms with Crippen molar-refractivity contribution in [2.75, 3.05) is 0 Å². The maximum atomic E-state index is 11.4. The Labute approximate surface area is 80.8 Å². The molecule has 0 aromatic rings. The zero-order valence-corrected chi connectivity index (χ0v) is 8.76. The lowest BCUT2D eigenvalue weighted by atomic mass is 10.0. The molecule has 0 bridgehead atoms. The summed E-state index contributed by atoms with van der Waals surface area (Å²) in [5.74, 6) is 0.207. The molecular formula is C12H18O. The van der Waals surface area contributed by atoms with Gasteiger partial charge in [-0.15, -0.1) is 6.58 Å². The van der Waals surface area contributed by atoms with E-state index in [0.29, 0.717) is 6.42 Å². The monoisotopic (exact) mass is 178 g/mol. The van der Waals surface area contributed by atoms with Gasteiger partial charge in [0, 0.05) is 5.92 Å². The van der Waals surface area contributed by atoms with E-state index in [1.54, 1.807) is 12.2 Å². The molecule has 0 unspecified atom stereocenters. The van der Waals surface area contributed by atoms with Gasteiger partial charge in [0.05, 0.1) is 0 Å². The van der Waals surface area contributed by atoms with E-state index in [0.717, 1.165) is 11.1 Å². The van der Waals surface area contributed by atoms with Crippen LogP contribution in [0, 0.1) is 5.92 Å². The highest BCUT2D eigenvalue weighted by Gasteiger charge is 2.05. The first-order valence-corrected chi connectivity index (χ1v) is 4.50. The number of rotatable bonds is 5. The minimum atomic E-state index is 0.0548. The van der Waals surface area contributed by atoms with E-state index in [1.807, 2.05) is 20.8 Å². The third-order valence-electron chi connectivity index (χ3n) is 1.80. The van der Waals surface area contributed by atoms with Gasteiger partial charge in [0.15, 0.2) is 5.78 Å². The van der Waals surface area contributed by atoms with Crippen LogP contribution in [0.1, 0.15) is 27.2 Å². The van der Waals surface area contributed by atoms with Crippen LogP contribution in [0.25, 0.3) is 0 Å². The Bertz CT molecular complexity index is 244. The third kappa shape index (κ3) is 4.46. The number of hydrogen-bond donors (Lipinski definition) is 0. The van der Waals surface area contributed by atoms with E-state index in [-0.39, 0.29) is 11.7 Å². The molecule has 1 heteroatoms. The van der Waals surface area contributed by atoms with Crippen LogP contribution in [0.4, 0.5) is 0 Å². The second-order valence-electron chi connectivity index (χ2n) is 3.50. The van der Waals surface area contributed by atoms with E-state index in [4.69, 9.17) is 0 Å². The summed E-state index contributed by atoms with van der Waals surface area (Å²) in [6.45, 7) is 13.1. The van der Waals surface area contributed by atoms with Gasteiger partial charge >= 0.3 is 0 Å². The molecule has 0 saturated carbocycles. The number of carbonyl (C=O) groups is 1. The molecule has 0 aliphatic rings. The van der Waals surface area contributed by atoms with Crippen LogP contribution in [0.5, 0.6) is 0 Å². The predicted molar refractivity (Wildman–Crippen MR) is 57.6 cm³/mol. The molecular weight excluding hydrogens is 160 g/mol. The fraction of sp³-hybridized carbons (Fsp3) is 0.417. The van der Waals surface area contributed by atoms with Crippen LogP contribution < -0.4 is 0 Å². The minimum Gasteiger partial charge on any atom is -0.295 e. The molecule has 0 aromatic carbocycles. The van der Waals surface area contributed by atoms with E-state index in [2.05, 4.69) is 13.2 Å². The summed E-state index contributed by atoms with van der Waals surface area (Å²) >= 11 is 0. The largest absolute Gasteiger partial charge is 0.295 e. The van der Waals surface area contributed by atoms with Gasteiger partial charge in [0.25, 0.3) is 0 Å². The van der Waals surface area contributed by atoms with Crippen molar-refractivity contribution in [1.29, 1.82) is 0 Å². The number of ketones is 1. The normalized spacial score (nSPS) is 11.5. The van der Waals surface area contributed by atoms with Gasteiger partial charge in [-0.05, 0) is 25.0 Å². The van der Waals surface area contributed by atoms with Crippen molar-refractivity contribution >= 4 is 5.78 Å². The highest BCUT2D eigenvalue weighted by atomic mass is 16.1. The highest BCUT2D eigenvalue weighted by Crippen LogP contribution is 2.13. The van der Waals surface area contributed by atoms with Crippen molar-refractivity contribution in [1.82, 2.24) is 0 Å². The molecule has 0 aromatic heterocycles. The summed E-state index contributed by atoms with van der Waals surface area (Å²) in [7, 11) is 0. The standard InChI is InChI=1S/C12H18O/c1-6-7-11(9(2)3)8-12(13)10(4)5/h6,8,10H,1-2,7H2,3-5H3/b11-8+. The van der Waals surface area contributed by atoms with Crippen molar-refractivity contribution in [3.63, 3.8) is 0 Å². The molecule has 1 nitrogen and oxygen atoms in total. The van der Waals surface area contributed by atoms with Crippen LogP contribution in [-0.2, 0) is 4.79 Å². The average Bonchev–Trinajstić information content (AvgIpc) is 2.03. The Morgan fingerprint density at radius 2 is 2.00 bits per heavy atom. The molecule has 72 valence electrons. The molecule has 0 aliphatic heterocycles. The first-order valence-electron chi connectivity index (χ1n) is 4.50. The highest BCUT2D eigenvalue weighted by molar-refractivity contribution is 5.92. The van der Waals surface area contributed by atoms with Gasteiger partial charge in [-0.25, -0.2) is 0 Å². The molecule has 0 fully saturated rings. The van der Waals surface area contributed by atoms with Crippen LogP contribution in [0.15, 0.2) is 36.5 Å². The Morgan fingerprint density at radius 1 is 1.46 bits per heavy atom. The van der Waals surface area contributed by atoms with Crippen molar-refractivity contribution < 1.29 is 4.79 Å². The number of hydrogen-bond acceptors (Lipinski definition) is 1. The Balaban J connectivity index is 4.62. The molecule has 0 atom stereocenters. The predicted octanol–water partition coefficient (Wildman–Crippen LogP) is 3.29. The van der Waals surface area contributed by atoms with Gasteiger partial charge < -0.3 is 0 Å². The van der Waals surface area contributed by atoms with Crippen LogP contribution in [0.2, 0.25) is 0 Å². The maximum absolute atomic E-state index is 11.4. The van der Waals surface area contributed by atoms with Gasteiger partial charge in [-0.1, -0.05) is 32.1 Å². The second kappa shape index (κ2) is 5.52. The second-order valence-corrected chi connectivity index (χ2v) is 3.50. The molecule has 0 saturated heterocycles. The SMILES string of the molecule is C=CC/C(=C\C(=O)C(C)C)C(=C)C. The minimum absolute atomic E-state index is 0.0548. The number of allylic oxidation sites excluding steroid dienone is 4. The van der Waals surface area contributed by atoms with E-state index >= 15 is 0 Å². The Hall–Kier alpha value is -1.11. The third-order valence-corrected chi connectivity index (χ3v) is 1.80. The lowest BCUT2D eigenvalue weighted by Crippen LogP contribution is -2.04. The van der Waals surface area contributed by atoms with Gasteiger partial charge in [0.2, 0.25) is 0 Å². The smallest absolute Gasteiger partial charge is 0.158 e. The van der Waals surface area contributed by atoms with Crippen LogP contribution in [0.3, 0.4) is 0 Å². The van der Waals surface area contributed by atoms with Gasteiger partial charge in [-0.2, -0.15) is 0 Å². The maximum Gasteiger partial charge on any atom is 0.158 e. The van der Waals surface area contributed by atoms with E-state index < -0.39 is 0 Å². The fourth-order valence-electron chi connectivity index (χ4n) is 0.850. The molecule has 0 heterocycles. The van der Waals surface area contributed by atoms with Crippen molar-refractivity contribution in [3.8, 4) is 0 Å². The van der Waals surface area contributed by atoms with Crippen LogP contribution >= 0.6 is 0 Å². The molecule has 13 heavy (non-hydrogen) atoms. The van der Waals surface area contributed by atoms with Crippen molar-refractivity contribution in [2.24, 2.45) is 5.92 Å². The lowest BCUT2D eigenvalue weighted by molar-refractivity contribution is -0.117. The van der Waals surface area contributed by atoms with Crippen LogP contribution in [-0.4, -0.2) is 5.78 Å². The van der Waals surface area contributed by atoms with Crippen molar-refractivity contribution in [2.45, 2.75) is 27.2 Å². The Kier molecular flexibility index (Phi) is 5.05. The summed E-state index contributed by atoms with van der Waals surface area (Å²) < 4.78 is 0.